The number of rotatable bonds is 3. The molecule has 2 fully saturated rings. The number of methoxy groups -OCH3 is 1. The van der Waals surface area contributed by atoms with Gasteiger partial charge in [0, 0.05) is 52.5 Å². The Labute approximate surface area is 170 Å². The molecule has 0 spiro atoms. The highest BCUT2D eigenvalue weighted by atomic mass is 16.5. The molecular formula is C21H26N4O4. The van der Waals surface area contributed by atoms with Gasteiger partial charge >= 0.3 is 6.03 Å². The fourth-order valence-corrected chi connectivity index (χ4v) is 4.52. The Hall–Kier alpha value is -3.03. The first-order valence-electron chi connectivity index (χ1n) is 9.72. The number of benzene rings is 1. The quantitative estimate of drug-likeness (QED) is 0.793. The van der Waals surface area contributed by atoms with E-state index in [4.69, 9.17) is 9.15 Å². The van der Waals surface area contributed by atoms with E-state index in [1.165, 1.54) is 6.26 Å². The van der Waals surface area contributed by atoms with Gasteiger partial charge in [0.25, 0.3) is 5.91 Å². The maximum Gasteiger partial charge on any atom is 0.320 e. The molecule has 0 unspecified atom stereocenters. The van der Waals surface area contributed by atoms with Gasteiger partial charge in [-0.25, -0.2) is 9.78 Å². The third kappa shape index (κ3) is 3.43. The Balaban J connectivity index is 1.60. The largest absolute Gasteiger partial charge is 0.497 e. The van der Waals surface area contributed by atoms with Gasteiger partial charge in [-0.1, -0.05) is 12.1 Å². The molecule has 8 nitrogen and oxygen atoms in total. The van der Waals surface area contributed by atoms with Gasteiger partial charge in [-0.2, -0.15) is 0 Å². The fraction of sp³-hybridized carbons (Fsp3) is 0.476. The van der Waals surface area contributed by atoms with Crippen molar-refractivity contribution in [2.75, 3.05) is 40.8 Å². The molecule has 1 aromatic carbocycles. The average Bonchev–Trinajstić information content (AvgIpc) is 3.40. The standard InChI is InChI=1S/C21H26N4O4/c1-13-22-18(12-29-13)20(26)24-9-15-10-25(21(27)23(2)3)19(17(15)11-24)14-5-7-16(28-4)8-6-14/h5-8,12,15,17,19H,9-11H2,1-4H3/t15-,17-,19+/m1/s1. The Kier molecular flexibility index (Phi) is 4.94. The van der Waals surface area contributed by atoms with E-state index in [0.29, 0.717) is 31.2 Å². The lowest BCUT2D eigenvalue weighted by atomic mass is 9.89. The van der Waals surface area contributed by atoms with Crippen LogP contribution in [0.4, 0.5) is 4.79 Å². The van der Waals surface area contributed by atoms with Crippen LogP contribution in [0.1, 0.15) is 28.0 Å². The molecule has 2 saturated heterocycles. The van der Waals surface area contributed by atoms with Gasteiger partial charge in [-0.15, -0.1) is 0 Å². The molecule has 3 atom stereocenters. The lowest BCUT2D eigenvalue weighted by Gasteiger charge is -2.31. The highest BCUT2D eigenvalue weighted by Gasteiger charge is 2.50. The number of carbonyl (C=O) groups excluding carboxylic acids is 2. The van der Waals surface area contributed by atoms with E-state index in [2.05, 4.69) is 4.98 Å². The summed E-state index contributed by atoms with van der Waals surface area (Å²) in [5, 5.41) is 0. The van der Waals surface area contributed by atoms with Crippen LogP contribution < -0.4 is 4.74 Å². The summed E-state index contributed by atoms with van der Waals surface area (Å²) in [6.45, 7) is 3.54. The second kappa shape index (κ2) is 7.42. The maximum atomic E-state index is 12.8. The molecule has 4 rings (SSSR count). The maximum absolute atomic E-state index is 12.8. The summed E-state index contributed by atoms with van der Waals surface area (Å²) >= 11 is 0. The van der Waals surface area contributed by atoms with Crippen LogP contribution in [0.5, 0.6) is 5.75 Å². The molecule has 0 N–H and O–H groups in total. The number of ether oxygens (including phenoxy) is 1. The molecule has 1 aromatic heterocycles. The zero-order valence-electron chi connectivity index (χ0n) is 17.2. The summed E-state index contributed by atoms with van der Waals surface area (Å²) in [6.07, 6.45) is 1.41. The zero-order valence-corrected chi connectivity index (χ0v) is 17.2. The lowest BCUT2D eigenvalue weighted by Crippen LogP contribution is -2.42. The highest BCUT2D eigenvalue weighted by Crippen LogP contribution is 2.45. The second-order valence-electron chi connectivity index (χ2n) is 7.93. The molecule has 2 aromatic rings. The normalized spacial score (nSPS) is 23.2. The first kappa shape index (κ1) is 19.3. The molecule has 2 aliphatic heterocycles. The fourth-order valence-electron chi connectivity index (χ4n) is 4.52. The van der Waals surface area contributed by atoms with Crippen molar-refractivity contribution in [3.63, 3.8) is 0 Å². The van der Waals surface area contributed by atoms with Gasteiger partial charge in [-0.05, 0) is 17.7 Å². The Morgan fingerprint density at radius 1 is 1.17 bits per heavy atom. The summed E-state index contributed by atoms with van der Waals surface area (Å²) in [7, 11) is 5.17. The minimum atomic E-state index is -0.116. The van der Waals surface area contributed by atoms with Gasteiger partial charge < -0.3 is 23.9 Å². The predicted octanol–water partition coefficient (Wildman–Crippen LogP) is 2.42. The van der Waals surface area contributed by atoms with E-state index in [9.17, 15) is 9.59 Å². The first-order valence-corrected chi connectivity index (χ1v) is 9.72. The predicted molar refractivity (Wildman–Crippen MR) is 106 cm³/mol. The Morgan fingerprint density at radius 2 is 1.90 bits per heavy atom. The zero-order chi connectivity index (χ0) is 20.7. The number of hydrogen-bond acceptors (Lipinski definition) is 5. The molecule has 8 heteroatoms. The molecule has 154 valence electrons. The van der Waals surface area contributed by atoms with E-state index < -0.39 is 0 Å². The molecule has 29 heavy (non-hydrogen) atoms. The minimum Gasteiger partial charge on any atom is -0.497 e. The van der Waals surface area contributed by atoms with Gasteiger partial charge in [-0.3, -0.25) is 4.79 Å². The average molecular weight is 398 g/mol. The van der Waals surface area contributed by atoms with Crippen molar-refractivity contribution in [1.82, 2.24) is 19.7 Å². The molecule has 3 heterocycles. The number of likely N-dealkylation sites (tertiary alicyclic amines) is 2. The van der Waals surface area contributed by atoms with Crippen LogP contribution in [0.25, 0.3) is 0 Å². The molecule has 0 radical (unpaired) electrons. The van der Waals surface area contributed by atoms with Gasteiger partial charge in [0.15, 0.2) is 11.6 Å². The summed E-state index contributed by atoms with van der Waals surface area (Å²) < 4.78 is 10.5. The summed E-state index contributed by atoms with van der Waals surface area (Å²) in [5.74, 6) is 1.53. The number of aromatic nitrogens is 1. The van der Waals surface area contributed by atoms with E-state index in [1.54, 1.807) is 33.0 Å². The van der Waals surface area contributed by atoms with Crippen molar-refractivity contribution < 1.29 is 18.7 Å². The smallest absolute Gasteiger partial charge is 0.320 e. The van der Waals surface area contributed by atoms with Crippen LogP contribution in [0.3, 0.4) is 0 Å². The van der Waals surface area contributed by atoms with Gasteiger partial charge in [0.2, 0.25) is 0 Å². The number of urea groups is 1. The Morgan fingerprint density at radius 3 is 2.48 bits per heavy atom. The molecule has 0 aliphatic carbocycles. The molecule has 0 bridgehead atoms. The van der Waals surface area contributed by atoms with Crippen molar-refractivity contribution in [3.05, 3.63) is 47.7 Å². The molecule has 3 amide bonds. The van der Waals surface area contributed by atoms with E-state index in [-0.39, 0.29) is 29.8 Å². The van der Waals surface area contributed by atoms with Crippen LogP contribution >= 0.6 is 0 Å². The highest BCUT2D eigenvalue weighted by molar-refractivity contribution is 5.92. The van der Waals surface area contributed by atoms with Gasteiger partial charge in [0.05, 0.1) is 13.2 Å². The van der Waals surface area contributed by atoms with Crippen LogP contribution in [0.2, 0.25) is 0 Å². The third-order valence-corrected chi connectivity index (χ3v) is 5.88. The SMILES string of the molecule is COc1ccc([C@H]2[C@@H]3CN(C(=O)c4coc(C)n4)C[C@@H]3CN2C(=O)N(C)C)cc1. The minimum absolute atomic E-state index is 0.00905. The number of nitrogens with zero attached hydrogens (tertiary/aromatic N) is 4. The van der Waals surface area contributed by atoms with Crippen molar-refractivity contribution >= 4 is 11.9 Å². The first-order chi connectivity index (χ1) is 13.9. The van der Waals surface area contributed by atoms with Crippen molar-refractivity contribution in [3.8, 4) is 5.75 Å². The van der Waals surface area contributed by atoms with E-state index >= 15 is 0 Å². The van der Waals surface area contributed by atoms with Crippen molar-refractivity contribution in [2.45, 2.75) is 13.0 Å². The number of amides is 3. The number of fused-ring (bicyclic) bond motifs is 1. The number of hydrogen-bond donors (Lipinski definition) is 0. The van der Waals surface area contributed by atoms with Gasteiger partial charge in [0.1, 0.15) is 12.0 Å². The topological polar surface area (TPSA) is 79.1 Å². The summed E-state index contributed by atoms with van der Waals surface area (Å²) in [6, 6.07) is 7.75. The molecule has 0 saturated carbocycles. The number of aryl methyl sites for hydroxylation is 1. The van der Waals surface area contributed by atoms with E-state index in [1.807, 2.05) is 34.1 Å². The van der Waals surface area contributed by atoms with Crippen LogP contribution in [0, 0.1) is 18.8 Å². The molecule has 2 aliphatic rings. The van der Waals surface area contributed by atoms with E-state index in [0.717, 1.165) is 11.3 Å². The summed E-state index contributed by atoms with van der Waals surface area (Å²) in [5.41, 5.74) is 1.39. The second-order valence-corrected chi connectivity index (χ2v) is 7.93. The Bertz CT molecular complexity index is 908. The third-order valence-electron chi connectivity index (χ3n) is 5.88. The monoisotopic (exact) mass is 398 g/mol. The van der Waals surface area contributed by atoms with Crippen LogP contribution in [0.15, 0.2) is 34.9 Å². The van der Waals surface area contributed by atoms with Crippen molar-refractivity contribution in [2.24, 2.45) is 11.8 Å². The van der Waals surface area contributed by atoms with Crippen LogP contribution in [-0.2, 0) is 0 Å². The number of carbonyl (C=O) groups is 2. The summed E-state index contributed by atoms with van der Waals surface area (Å²) in [4.78, 5) is 35.2. The lowest BCUT2D eigenvalue weighted by molar-refractivity contribution is 0.0760. The van der Waals surface area contributed by atoms with Crippen molar-refractivity contribution in [1.29, 1.82) is 0 Å². The number of oxazole rings is 1. The van der Waals surface area contributed by atoms with Crippen LogP contribution in [-0.4, -0.2) is 72.5 Å². The molecular weight excluding hydrogens is 372 g/mol.